The number of esters is 1. The van der Waals surface area contributed by atoms with Gasteiger partial charge in [-0.05, 0) is 20.8 Å². The third-order valence-electron chi connectivity index (χ3n) is 2.36. The molecule has 0 radical (unpaired) electrons. The molecule has 6 nitrogen and oxygen atoms in total. The molecule has 0 spiro atoms. The van der Waals surface area contributed by atoms with Gasteiger partial charge in [-0.3, -0.25) is 0 Å². The lowest BCUT2D eigenvalue weighted by Gasteiger charge is -2.29. The number of hydrogen-bond donors (Lipinski definition) is 1. The second kappa shape index (κ2) is 5.77. The average Bonchev–Trinajstić information content (AvgIpc) is 2.34. The van der Waals surface area contributed by atoms with E-state index in [9.17, 15) is 9.90 Å². The van der Waals surface area contributed by atoms with E-state index in [1.54, 1.807) is 13.8 Å². The molecule has 6 heteroatoms. The number of carbonyl (C=O) groups excluding carboxylic acids is 1. The zero-order chi connectivity index (χ0) is 13.8. The molecule has 18 heavy (non-hydrogen) atoms. The molecule has 0 unspecified atom stereocenters. The summed E-state index contributed by atoms with van der Waals surface area (Å²) < 4.78 is 4.69. The SMILES string of the molecule is CCN(CC(C)(C)O)c1ncncc1C(=O)OC. The fraction of sp³-hybridized carbons (Fsp3) is 0.583. The molecule has 0 atom stereocenters. The minimum atomic E-state index is -0.881. The highest BCUT2D eigenvalue weighted by atomic mass is 16.5. The number of aliphatic hydroxyl groups is 1. The Kier molecular flexibility index (Phi) is 4.61. The van der Waals surface area contributed by atoms with Crippen LogP contribution >= 0.6 is 0 Å². The summed E-state index contributed by atoms with van der Waals surface area (Å²) >= 11 is 0. The molecule has 0 aliphatic carbocycles. The highest BCUT2D eigenvalue weighted by Gasteiger charge is 2.23. The van der Waals surface area contributed by atoms with E-state index >= 15 is 0 Å². The first-order valence-electron chi connectivity index (χ1n) is 5.74. The summed E-state index contributed by atoms with van der Waals surface area (Å²) in [6, 6.07) is 0. The van der Waals surface area contributed by atoms with Crippen LogP contribution in [0.1, 0.15) is 31.1 Å². The lowest BCUT2D eigenvalue weighted by Crippen LogP contribution is -2.39. The van der Waals surface area contributed by atoms with Crippen LogP contribution in [0.5, 0.6) is 0 Å². The Morgan fingerprint density at radius 1 is 1.56 bits per heavy atom. The van der Waals surface area contributed by atoms with E-state index in [0.717, 1.165) is 0 Å². The van der Waals surface area contributed by atoms with Crippen molar-refractivity contribution in [2.24, 2.45) is 0 Å². The summed E-state index contributed by atoms with van der Waals surface area (Å²) in [5.41, 5.74) is -0.583. The molecule has 1 N–H and O–H groups in total. The molecule has 0 saturated carbocycles. The van der Waals surface area contributed by atoms with Crippen LogP contribution in [0.3, 0.4) is 0 Å². The van der Waals surface area contributed by atoms with Gasteiger partial charge in [-0.25, -0.2) is 14.8 Å². The van der Waals surface area contributed by atoms with Gasteiger partial charge >= 0.3 is 5.97 Å². The Balaban J connectivity index is 3.09. The first kappa shape index (κ1) is 14.4. The first-order valence-corrected chi connectivity index (χ1v) is 5.74. The Bertz CT molecular complexity index is 415. The van der Waals surface area contributed by atoms with Crippen LogP contribution in [0.2, 0.25) is 0 Å². The van der Waals surface area contributed by atoms with Crippen LogP contribution in [0.15, 0.2) is 12.5 Å². The van der Waals surface area contributed by atoms with Gasteiger partial charge in [-0.15, -0.1) is 0 Å². The maximum absolute atomic E-state index is 11.6. The number of hydrogen-bond acceptors (Lipinski definition) is 6. The summed E-state index contributed by atoms with van der Waals surface area (Å²) in [5, 5.41) is 9.87. The topological polar surface area (TPSA) is 75.5 Å². The fourth-order valence-corrected chi connectivity index (χ4v) is 1.63. The number of aromatic nitrogens is 2. The second-order valence-electron chi connectivity index (χ2n) is 4.58. The van der Waals surface area contributed by atoms with Crippen molar-refractivity contribution in [2.45, 2.75) is 26.4 Å². The minimum Gasteiger partial charge on any atom is -0.465 e. The van der Waals surface area contributed by atoms with Crippen molar-refractivity contribution in [3.8, 4) is 0 Å². The van der Waals surface area contributed by atoms with Gasteiger partial charge in [0.25, 0.3) is 0 Å². The second-order valence-corrected chi connectivity index (χ2v) is 4.58. The average molecular weight is 253 g/mol. The molecule has 0 amide bonds. The third kappa shape index (κ3) is 3.66. The maximum atomic E-state index is 11.6. The van der Waals surface area contributed by atoms with Gasteiger partial charge in [0, 0.05) is 19.3 Å². The normalized spacial score (nSPS) is 11.2. The van der Waals surface area contributed by atoms with Gasteiger partial charge in [-0.2, -0.15) is 0 Å². The lowest BCUT2D eigenvalue weighted by atomic mass is 10.1. The molecule has 1 aromatic heterocycles. The highest BCUT2D eigenvalue weighted by Crippen LogP contribution is 2.19. The van der Waals surface area contributed by atoms with E-state index in [-0.39, 0.29) is 0 Å². The Hall–Kier alpha value is -1.69. The van der Waals surface area contributed by atoms with Crippen LogP contribution in [0, 0.1) is 0 Å². The van der Waals surface area contributed by atoms with Crippen molar-refractivity contribution < 1.29 is 14.6 Å². The van der Waals surface area contributed by atoms with E-state index < -0.39 is 11.6 Å². The van der Waals surface area contributed by atoms with Crippen molar-refractivity contribution in [3.63, 3.8) is 0 Å². The molecule has 1 heterocycles. The third-order valence-corrected chi connectivity index (χ3v) is 2.36. The Morgan fingerprint density at radius 2 is 2.22 bits per heavy atom. The van der Waals surface area contributed by atoms with Gasteiger partial charge in [0.15, 0.2) is 0 Å². The van der Waals surface area contributed by atoms with Crippen LogP contribution in [0.25, 0.3) is 0 Å². The summed E-state index contributed by atoms with van der Waals surface area (Å²) in [5.74, 6) is -0.0127. The number of methoxy groups -OCH3 is 1. The molecule has 0 aliphatic heterocycles. The Morgan fingerprint density at radius 3 is 2.72 bits per heavy atom. The van der Waals surface area contributed by atoms with Crippen LogP contribution in [0.4, 0.5) is 5.82 Å². The van der Waals surface area contributed by atoms with Gasteiger partial charge < -0.3 is 14.7 Å². The summed E-state index contributed by atoms with van der Waals surface area (Å²) in [4.78, 5) is 21.4. The predicted molar refractivity (Wildman–Crippen MR) is 67.6 cm³/mol. The number of carbonyl (C=O) groups is 1. The Labute approximate surface area is 107 Å². The lowest BCUT2D eigenvalue weighted by molar-refractivity contribution is 0.0598. The molecular weight excluding hydrogens is 234 g/mol. The standard InChI is InChI=1S/C12H19N3O3/c1-5-15(7-12(2,3)17)10-9(11(16)18-4)6-13-8-14-10/h6,8,17H,5,7H2,1-4H3. The molecule has 0 aromatic carbocycles. The fourth-order valence-electron chi connectivity index (χ4n) is 1.63. The van der Waals surface area contributed by atoms with Crippen molar-refractivity contribution in [3.05, 3.63) is 18.1 Å². The van der Waals surface area contributed by atoms with Crippen molar-refractivity contribution in [1.82, 2.24) is 9.97 Å². The summed E-state index contributed by atoms with van der Waals surface area (Å²) in [6.45, 7) is 6.31. The number of nitrogens with zero attached hydrogens (tertiary/aromatic N) is 3. The summed E-state index contributed by atoms with van der Waals surface area (Å²) in [6.07, 6.45) is 2.79. The minimum absolute atomic E-state index is 0.297. The van der Waals surface area contributed by atoms with Gasteiger partial charge in [0.2, 0.25) is 0 Å². The van der Waals surface area contributed by atoms with E-state index in [1.807, 2.05) is 11.8 Å². The molecule has 100 valence electrons. The van der Waals surface area contributed by atoms with Crippen LogP contribution < -0.4 is 4.90 Å². The molecule has 0 bridgehead atoms. The van der Waals surface area contributed by atoms with Crippen LogP contribution in [-0.4, -0.2) is 46.8 Å². The van der Waals surface area contributed by atoms with Gasteiger partial charge in [0.1, 0.15) is 17.7 Å². The predicted octanol–water partition coefficient (Wildman–Crippen LogP) is 0.860. The van der Waals surface area contributed by atoms with Gasteiger partial charge in [-0.1, -0.05) is 0 Å². The monoisotopic (exact) mass is 253 g/mol. The van der Waals surface area contributed by atoms with E-state index in [1.165, 1.54) is 19.6 Å². The van der Waals surface area contributed by atoms with Crippen molar-refractivity contribution in [1.29, 1.82) is 0 Å². The van der Waals surface area contributed by atoms with E-state index in [2.05, 4.69) is 9.97 Å². The van der Waals surface area contributed by atoms with E-state index in [0.29, 0.717) is 24.5 Å². The maximum Gasteiger partial charge on any atom is 0.343 e. The molecule has 0 aliphatic rings. The molecule has 0 saturated heterocycles. The number of anilines is 1. The van der Waals surface area contributed by atoms with Crippen LogP contribution in [-0.2, 0) is 4.74 Å². The molecule has 1 aromatic rings. The zero-order valence-corrected chi connectivity index (χ0v) is 11.2. The molecule has 1 rings (SSSR count). The zero-order valence-electron chi connectivity index (χ0n) is 11.2. The van der Waals surface area contributed by atoms with E-state index in [4.69, 9.17) is 4.74 Å². The largest absolute Gasteiger partial charge is 0.465 e. The van der Waals surface area contributed by atoms with Crippen molar-refractivity contribution >= 4 is 11.8 Å². The smallest absolute Gasteiger partial charge is 0.343 e. The summed E-state index contributed by atoms with van der Waals surface area (Å²) in [7, 11) is 1.31. The number of ether oxygens (including phenoxy) is 1. The quantitative estimate of drug-likeness (QED) is 0.784. The molecular formula is C12H19N3O3. The number of likely N-dealkylation sites (N-methyl/N-ethyl adjacent to an activating group) is 1. The first-order chi connectivity index (χ1) is 8.39. The van der Waals surface area contributed by atoms with Gasteiger partial charge in [0.05, 0.1) is 12.7 Å². The number of rotatable bonds is 5. The highest BCUT2D eigenvalue weighted by molar-refractivity contribution is 5.94. The van der Waals surface area contributed by atoms with Crippen molar-refractivity contribution in [2.75, 3.05) is 25.1 Å². The molecule has 0 fully saturated rings.